The van der Waals surface area contributed by atoms with Gasteiger partial charge < -0.3 is 5.73 Å². The third-order valence-corrected chi connectivity index (χ3v) is 1.07. The second-order valence-corrected chi connectivity index (χ2v) is 1.95. The van der Waals surface area contributed by atoms with E-state index in [0.717, 1.165) is 19.3 Å². The molecule has 2 heteroatoms. The van der Waals surface area contributed by atoms with E-state index < -0.39 is 0 Å². The molecule has 0 aromatic carbocycles. The normalized spacial score (nSPS) is 10.9. The van der Waals surface area contributed by atoms with Crippen LogP contribution >= 0.6 is 0 Å². The third-order valence-electron chi connectivity index (χ3n) is 1.07. The maximum absolute atomic E-state index is 8.13. The van der Waals surface area contributed by atoms with Crippen LogP contribution in [0.2, 0.25) is 0 Å². The van der Waals surface area contributed by atoms with Crippen LogP contribution in [-0.2, 0) is 0 Å². The van der Waals surface area contributed by atoms with Crippen LogP contribution in [0.25, 0.3) is 0 Å². The van der Waals surface area contributed by atoms with Crippen molar-refractivity contribution >= 4 is 0 Å². The largest absolute Gasteiger partial charge is 0.401 e. The van der Waals surface area contributed by atoms with Gasteiger partial charge >= 0.3 is 0 Å². The smallest absolute Gasteiger partial charge is 0.0930 e. The summed E-state index contributed by atoms with van der Waals surface area (Å²) in [6.07, 6.45) is 4.45. The number of allylic oxidation sites excluding steroid dienone is 2. The van der Waals surface area contributed by atoms with Crippen molar-refractivity contribution in [2.45, 2.75) is 26.2 Å². The lowest BCUT2D eigenvalue weighted by atomic mass is 10.2. The van der Waals surface area contributed by atoms with Gasteiger partial charge in [0, 0.05) is 11.8 Å². The molecule has 0 aliphatic rings. The molecular formula is C7H12N2. The Balaban J connectivity index is 3.40. The molecule has 0 saturated heterocycles. The first-order valence-corrected chi connectivity index (χ1v) is 3.15. The quantitative estimate of drug-likeness (QED) is 0.580. The molecule has 2 nitrogen and oxygen atoms in total. The summed E-state index contributed by atoms with van der Waals surface area (Å²) in [5.74, 6) is 0. The molecule has 0 amide bonds. The van der Waals surface area contributed by atoms with Crippen molar-refractivity contribution < 1.29 is 0 Å². The highest BCUT2D eigenvalue weighted by atomic mass is 14.6. The first-order chi connectivity index (χ1) is 4.31. The second kappa shape index (κ2) is 5.17. The monoisotopic (exact) mass is 124 g/mol. The number of nitriles is 1. The van der Waals surface area contributed by atoms with Crippen molar-refractivity contribution in [1.82, 2.24) is 0 Å². The zero-order valence-electron chi connectivity index (χ0n) is 5.72. The molecule has 0 atom stereocenters. The molecule has 0 aromatic rings. The molecule has 0 aliphatic carbocycles. The molecule has 0 rings (SSSR count). The zero-order valence-corrected chi connectivity index (χ0v) is 5.72. The topological polar surface area (TPSA) is 49.8 Å². The zero-order chi connectivity index (χ0) is 7.11. The molecule has 0 unspecified atom stereocenters. The lowest BCUT2D eigenvalue weighted by Gasteiger charge is -1.93. The first-order valence-electron chi connectivity index (χ1n) is 3.15. The fourth-order valence-electron chi connectivity index (χ4n) is 0.536. The SMILES string of the molecule is CCCC/C(N)=C/C#N. The van der Waals surface area contributed by atoms with Crippen molar-refractivity contribution in [1.29, 1.82) is 5.26 Å². The Hall–Kier alpha value is -0.970. The highest BCUT2D eigenvalue weighted by Crippen LogP contribution is 1.99. The Kier molecular flexibility index (Phi) is 4.61. The molecule has 0 fully saturated rings. The van der Waals surface area contributed by atoms with E-state index in [1.165, 1.54) is 6.08 Å². The predicted octanol–water partition coefficient (Wildman–Crippen LogP) is 1.54. The van der Waals surface area contributed by atoms with E-state index in [9.17, 15) is 0 Å². The molecule has 0 aromatic heterocycles. The van der Waals surface area contributed by atoms with E-state index in [1.807, 2.05) is 6.07 Å². The summed E-state index contributed by atoms with van der Waals surface area (Å²) in [6, 6.07) is 1.89. The van der Waals surface area contributed by atoms with Gasteiger partial charge in [0.05, 0.1) is 6.07 Å². The maximum Gasteiger partial charge on any atom is 0.0930 e. The summed E-state index contributed by atoms with van der Waals surface area (Å²) in [4.78, 5) is 0. The second-order valence-electron chi connectivity index (χ2n) is 1.95. The number of unbranched alkanes of at least 4 members (excludes halogenated alkanes) is 1. The number of nitrogens with two attached hydrogens (primary N) is 1. The summed E-state index contributed by atoms with van der Waals surface area (Å²) < 4.78 is 0. The van der Waals surface area contributed by atoms with Crippen LogP contribution in [-0.4, -0.2) is 0 Å². The Morgan fingerprint density at radius 2 is 2.44 bits per heavy atom. The van der Waals surface area contributed by atoms with Gasteiger partial charge in [-0.05, 0) is 12.8 Å². The van der Waals surface area contributed by atoms with Crippen molar-refractivity contribution in [3.63, 3.8) is 0 Å². The predicted molar refractivity (Wildman–Crippen MR) is 37.4 cm³/mol. The standard InChI is InChI=1S/C7H12N2/c1-2-3-4-7(9)5-6-8/h5H,2-4,9H2,1H3/b7-5-. The van der Waals surface area contributed by atoms with Crippen LogP contribution in [0.1, 0.15) is 26.2 Å². The molecule has 2 N–H and O–H groups in total. The van der Waals surface area contributed by atoms with Crippen LogP contribution < -0.4 is 5.73 Å². The van der Waals surface area contributed by atoms with Crippen LogP contribution in [0.4, 0.5) is 0 Å². The highest BCUT2D eigenvalue weighted by molar-refractivity contribution is 5.09. The fourth-order valence-corrected chi connectivity index (χ4v) is 0.536. The Labute approximate surface area is 56.0 Å². The van der Waals surface area contributed by atoms with Crippen molar-refractivity contribution in [2.75, 3.05) is 0 Å². The lowest BCUT2D eigenvalue weighted by molar-refractivity contribution is 0.781. The lowest BCUT2D eigenvalue weighted by Crippen LogP contribution is -1.95. The van der Waals surface area contributed by atoms with E-state index in [-0.39, 0.29) is 0 Å². The van der Waals surface area contributed by atoms with Crippen molar-refractivity contribution in [2.24, 2.45) is 5.73 Å². The average molecular weight is 124 g/mol. The van der Waals surface area contributed by atoms with Gasteiger partial charge in [-0.1, -0.05) is 13.3 Å². The van der Waals surface area contributed by atoms with Gasteiger partial charge in [-0.25, -0.2) is 0 Å². The average Bonchev–Trinajstić information content (AvgIpc) is 1.85. The Morgan fingerprint density at radius 1 is 1.78 bits per heavy atom. The molecule has 0 heterocycles. The summed E-state index contributed by atoms with van der Waals surface area (Å²) in [5.41, 5.74) is 6.10. The number of nitrogens with zero attached hydrogens (tertiary/aromatic N) is 1. The molecule has 50 valence electrons. The van der Waals surface area contributed by atoms with E-state index in [4.69, 9.17) is 11.0 Å². The molecular weight excluding hydrogens is 112 g/mol. The molecule has 0 spiro atoms. The van der Waals surface area contributed by atoms with Crippen LogP contribution in [0.15, 0.2) is 11.8 Å². The van der Waals surface area contributed by atoms with Gasteiger partial charge in [0.15, 0.2) is 0 Å². The maximum atomic E-state index is 8.13. The number of hydrogen-bond acceptors (Lipinski definition) is 2. The first kappa shape index (κ1) is 8.03. The molecule has 0 radical (unpaired) electrons. The van der Waals surface area contributed by atoms with E-state index in [0.29, 0.717) is 5.70 Å². The van der Waals surface area contributed by atoms with Gasteiger partial charge in [-0.15, -0.1) is 0 Å². The summed E-state index contributed by atoms with van der Waals surface area (Å²) in [7, 11) is 0. The summed E-state index contributed by atoms with van der Waals surface area (Å²) in [6.45, 7) is 2.10. The van der Waals surface area contributed by atoms with Gasteiger partial charge in [0.2, 0.25) is 0 Å². The molecule has 0 aliphatic heterocycles. The molecule has 0 bridgehead atoms. The van der Waals surface area contributed by atoms with Gasteiger partial charge in [0.25, 0.3) is 0 Å². The Morgan fingerprint density at radius 3 is 2.89 bits per heavy atom. The summed E-state index contributed by atoms with van der Waals surface area (Å²) in [5, 5.41) is 8.13. The van der Waals surface area contributed by atoms with Crippen molar-refractivity contribution in [3.05, 3.63) is 11.8 Å². The molecule has 9 heavy (non-hydrogen) atoms. The summed E-state index contributed by atoms with van der Waals surface area (Å²) >= 11 is 0. The minimum Gasteiger partial charge on any atom is -0.401 e. The van der Waals surface area contributed by atoms with E-state index in [2.05, 4.69) is 6.92 Å². The van der Waals surface area contributed by atoms with E-state index in [1.54, 1.807) is 0 Å². The van der Waals surface area contributed by atoms with Crippen LogP contribution in [0.5, 0.6) is 0 Å². The Bertz CT molecular complexity index is 130. The molecule has 0 saturated carbocycles. The van der Waals surface area contributed by atoms with Crippen molar-refractivity contribution in [3.8, 4) is 6.07 Å². The van der Waals surface area contributed by atoms with Gasteiger partial charge in [-0.2, -0.15) is 5.26 Å². The third kappa shape index (κ3) is 4.89. The minimum atomic E-state index is 0.694. The number of hydrogen-bond donors (Lipinski definition) is 1. The van der Waals surface area contributed by atoms with E-state index >= 15 is 0 Å². The van der Waals surface area contributed by atoms with Gasteiger partial charge in [-0.3, -0.25) is 0 Å². The fraction of sp³-hybridized carbons (Fsp3) is 0.571. The van der Waals surface area contributed by atoms with Crippen LogP contribution in [0, 0.1) is 11.3 Å². The highest BCUT2D eigenvalue weighted by Gasteiger charge is 1.86. The minimum absolute atomic E-state index is 0.694. The van der Waals surface area contributed by atoms with Crippen LogP contribution in [0.3, 0.4) is 0 Å². The van der Waals surface area contributed by atoms with Gasteiger partial charge in [0.1, 0.15) is 0 Å². The number of rotatable bonds is 3.